The van der Waals surface area contributed by atoms with E-state index in [2.05, 4.69) is 20.4 Å². The number of hydrogen-bond donors (Lipinski definition) is 1. The van der Waals surface area contributed by atoms with Crippen molar-refractivity contribution in [1.29, 1.82) is 0 Å². The van der Waals surface area contributed by atoms with Crippen LogP contribution in [0.15, 0.2) is 48.9 Å². The Morgan fingerprint density at radius 3 is 2.67 bits per heavy atom. The van der Waals surface area contributed by atoms with Crippen LogP contribution in [0, 0.1) is 0 Å². The van der Waals surface area contributed by atoms with Crippen LogP contribution in [0.4, 0.5) is 11.4 Å². The maximum absolute atomic E-state index is 13.0. The summed E-state index contributed by atoms with van der Waals surface area (Å²) in [4.78, 5) is 28.3. The van der Waals surface area contributed by atoms with Gasteiger partial charge in [-0.05, 0) is 35.9 Å². The second kappa shape index (κ2) is 9.74. The van der Waals surface area contributed by atoms with Crippen molar-refractivity contribution in [2.24, 2.45) is 7.05 Å². The van der Waals surface area contributed by atoms with Gasteiger partial charge in [-0.25, -0.2) is 4.98 Å². The summed E-state index contributed by atoms with van der Waals surface area (Å²) >= 11 is 0. The van der Waals surface area contributed by atoms with Gasteiger partial charge in [-0.2, -0.15) is 5.10 Å². The Morgan fingerprint density at radius 2 is 1.92 bits per heavy atom. The predicted octanol–water partition coefficient (Wildman–Crippen LogP) is 3.35. The van der Waals surface area contributed by atoms with Crippen LogP contribution in [-0.2, 0) is 31.4 Å². The first kappa shape index (κ1) is 23.4. The molecule has 0 atom stereocenters. The maximum atomic E-state index is 13.0. The van der Waals surface area contributed by atoms with Crippen molar-refractivity contribution < 1.29 is 14.3 Å². The van der Waals surface area contributed by atoms with Crippen LogP contribution in [0.5, 0.6) is 5.75 Å². The average Bonchev–Trinajstić information content (AvgIpc) is 3.42. The fourth-order valence-electron chi connectivity index (χ4n) is 4.39. The summed E-state index contributed by atoms with van der Waals surface area (Å²) in [7, 11) is 6.86. The van der Waals surface area contributed by atoms with E-state index in [1.165, 1.54) is 0 Å². The van der Waals surface area contributed by atoms with Gasteiger partial charge in [0, 0.05) is 45.2 Å². The van der Waals surface area contributed by atoms with Crippen LogP contribution in [0.25, 0.3) is 11.4 Å². The largest absolute Gasteiger partial charge is 0.494 e. The molecule has 0 saturated carbocycles. The molecule has 1 N–H and O–H groups in total. The smallest absolute Gasteiger partial charge is 0.257 e. The van der Waals surface area contributed by atoms with E-state index in [0.29, 0.717) is 48.1 Å². The van der Waals surface area contributed by atoms with E-state index >= 15 is 0 Å². The lowest BCUT2D eigenvalue weighted by Gasteiger charge is -2.16. The molecule has 1 amide bonds. The van der Waals surface area contributed by atoms with Gasteiger partial charge in [0.05, 0.1) is 48.5 Å². The number of methoxy groups -OCH3 is 2. The van der Waals surface area contributed by atoms with Crippen LogP contribution < -0.4 is 10.1 Å². The van der Waals surface area contributed by atoms with E-state index in [1.807, 2.05) is 43.4 Å². The van der Waals surface area contributed by atoms with Crippen LogP contribution in [-0.4, -0.2) is 56.8 Å². The minimum Gasteiger partial charge on any atom is -0.494 e. The summed E-state index contributed by atoms with van der Waals surface area (Å²) in [5.41, 5.74) is 6.14. The van der Waals surface area contributed by atoms with Crippen LogP contribution >= 0.6 is 0 Å². The lowest BCUT2D eigenvalue weighted by molar-refractivity contribution is 0.0817. The number of benzene rings is 1. The van der Waals surface area contributed by atoms with Crippen molar-refractivity contribution in [2.75, 3.05) is 26.6 Å². The highest BCUT2D eigenvalue weighted by Crippen LogP contribution is 2.38. The third kappa shape index (κ3) is 4.50. The minimum atomic E-state index is -0.0757. The zero-order valence-electron chi connectivity index (χ0n) is 20.6. The Kier molecular flexibility index (Phi) is 6.34. The summed E-state index contributed by atoms with van der Waals surface area (Å²) in [6, 6.07) is 11.5. The molecule has 5 rings (SSSR count). The van der Waals surface area contributed by atoms with Crippen molar-refractivity contribution in [3.05, 3.63) is 77.1 Å². The summed E-state index contributed by atoms with van der Waals surface area (Å²) < 4.78 is 12.6. The number of carbonyl (C=O) groups is 1. The standard InChI is InChI=1S/C26H27N7O3/c1-32-13-22-23(26(32)34)21(12-18(29-22)11-17-10-16(14-35-3)8-9-27-17)30-20-7-5-6-19(24(20)36-4)25-28-15-33(2)31-25/h5-10,12,15H,11,13-14H2,1-4H3,(H,29,30). The Labute approximate surface area is 208 Å². The lowest BCUT2D eigenvalue weighted by atomic mass is 10.1. The Balaban J connectivity index is 1.54. The first-order chi connectivity index (χ1) is 17.5. The number of para-hydroxylation sites is 1. The third-order valence-electron chi connectivity index (χ3n) is 5.98. The van der Waals surface area contributed by atoms with E-state index < -0.39 is 0 Å². The quantitative estimate of drug-likeness (QED) is 0.405. The van der Waals surface area contributed by atoms with E-state index in [0.717, 1.165) is 28.2 Å². The number of rotatable bonds is 8. The molecule has 36 heavy (non-hydrogen) atoms. The number of aryl methyl sites for hydroxylation is 1. The highest BCUT2D eigenvalue weighted by molar-refractivity contribution is 6.03. The van der Waals surface area contributed by atoms with E-state index in [-0.39, 0.29) is 5.91 Å². The van der Waals surface area contributed by atoms with Crippen molar-refractivity contribution >= 4 is 17.3 Å². The number of amides is 1. The highest BCUT2D eigenvalue weighted by atomic mass is 16.5. The van der Waals surface area contributed by atoms with Gasteiger partial charge in [-0.15, -0.1) is 0 Å². The van der Waals surface area contributed by atoms with Crippen molar-refractivity contribution in [1.82, 2.24) is 29.6 Å². The maximum Gasteiger partial charge on any atom is 0.257 e. The fraction of sp³-hybridized carbons (Fsp3) is 0.269. The number of pyridine rings is 2. The molecule has 4 aromatic rings. The molecule has 0 unspecified atom stereocenters. The first-order valence-corrected chi connectivity index (χ1v) is 11.5. The molecule has 1 aliphatic rings. The molecule has 0 bridgehead atoms. The summed E-state index contributed by atoms with van der Waals surface area (Å²) in [5, 5.41) is 7.84. The second-order valence-electron chi connectivity index (χ2n) is 8.66. The minimum absolute atomic E-state index is 0.0757. The molecule has 1 aromatic carbocycles. The van der Waals surface area contributed by atoms with Gasteiger partial charge < -0.3 is 19.7 Å². The molecule has 3 aromatic heterocycles. The lowest BCUT2D eigenvalue weighted by Crippen LogP contribution is -2.18. The number of fused-ring (bicyclic) bond motifs is 1. The fourth-order valence-corrected chi connectivity index (χ4v) is 4.39. The number of aromatic nitrogens is 5. The van der Waals surface area contributed by atoms with Gasteiger partial charge >= 0.3 is 0 Å². The molecule has 10 heteroatoms. The molecule has 0 fully saturated rings. The Bertz CT molecular complexity index is 1430. The summed E-state index contributed by atoms with van der Waals surface area (Å²) in [6.07, 6.45) is 3.93. The molecule has 0 spiro atoms. The normalized spacial score (nSPS) is 12.7. The molecule has 1 aliphatic heterocycles. The van der Waals surface area contributed by atoms with Gasteiger partial charge in [0.1, 0.15) is 6.33 Å². The monoisotopic (exact) mass is 485 g/mol. The molecular weight excluding hydrogens is 458 g/mol. The van der Waals surface area contributed by atoms with Crippen LogP contribution in [0.3, 0.4) is 0 Å². The van der Waals surface area contributed by atoms with Crippen molar-refractivity contribution in [2.45, 2.75) is 19.6 Å². The van der Waals surface area contributed by atoms with Gasteiger partial charge in [0.2, 0.25) is 0 Å². The van der Waals surface area contributed by atoms with Crippen LogP contribution in [0.1, 0.15) is 33.0 Å². The van der Waals surface area contributed by atoms with E-state index in [9.17, 15) is 4.79 Å². The first-order valence-electron chi connectivity index (χ1n) is 11.5. The summed E-state index contributed by atoms with van der Waals surface area (Å²) in [5.74, 6) is 1.06. The van der Waals surface area contributed by atoms with Crippen molar-refractivity contribution in [3.8, 4) is 17.1 Å². The third-order valence-corrected chi connectivity index (χ3v) is 5.98. The number of anilines is 2. The molecule has 10 nitrogen and oxygen atoms in total. The van der Waals surface area contributed by atoms with Gasteiger partial charge in [0.15, 0.2) is 11.6 Å². The van der Waals surface area contributed by atoms with Gasteiger partial charge in [-0.3, -0.25) is 19.4 Å². The molecule has 0 aliphatic carbocycles. The average molecular weight is 486 g/mol. The number of ether oxygens (including phenoxy) is 2. The number of nitrogens with one attached hydrogen (secondary N) is 1. The van der Waals surface area contributed by atoms with E-state index in [4.69, 9.17) is 14.5 Å². The highest BCUT2D eigenvalue weighted by Gasteiger charge is 2.30. The topological polar surface area (TPSA) is 107 Å². The zero-order valence-corrected chi connectivity index (χ0v) is 20.6. The van der Waals surface area contributed by atoms with Gasteiger partial charge in [-0.1, -0.05) is 6.07 Å². The number of nitrogens with zero attached hydrogens (tertiary/aromatic N) is 6. The SMILES string of the molecule is COCc1ccnc(Cc2cc(Nc3cccc(-c4ncn(C)n4)c3OC)c3c(n2)CN(C)C3=O)c1. The predicted molar refractivity (Wildman–Crippen MR) is 134 cm³/mol. The Hall–Kier alpha value is -4.31. The van der Waals surface area contributed by atoms with E-state index in [1.54, 1.807) is 43.4 Å². The molecular formula is C26H27N7O3. The molecule has 4 heterocycles. The second-order valence-corrected chi connectivity index (χ2v) is 8.66. The number of hydrogen-bond acceptors (Lipinski definition) is 8. The van der Waals surface area contributed by atoms with Gasteiger partial charge in [0.25, 0.3) is 5.91 Å². The molecule has 184 valence electrons. The molecule has 0 radical (unpaired) electrons. The zero-order chi connectivity index (χ0) is 25.2. The van der Waals surface area contributed by atoms with Crippen molar-refractivity contribution in [3.63, 3.8) is 0 Å². The van der Waals surface area contributed by atoms with Crippen LogP contribution in [0.2, 0.25) is 0 Å². The number of carbonyl (C=O) groups excluding carboxylic acids is 1. The Morgan fingerprint density at radius 1 is 1.06 bits per heavy atom. The molecule has 0 saturated heterocycles. The summed E-state index contributed by atoms with van der Waals surface area (Å²) in [6.45, 7) is 0.962.